The Morgan fingerprint density at radius 1 is 1.59 bits per heavy atom. The highest BCUT2D eigenvalue weighted by molar-refractivity contribution is 7.09. The molecule has 2 heterocycles. The molecule has 1 aliphatic heterocycles. The van der Waals surface area contributed by atoms with Crippen LogP contribution in [0.1, 0.15) is 18.2 Å². The Morgan fingerprint density at radius 2 is 2.45 bits per heavy atom. The van der Waals surface area contributed by atoms with Crippen molar-refractivity contribution in [1.82, 2.24) is 15.1 Å². The Bertz CT molecular complexity index is 439. The van der Waals surface area contributed by atoms with E-state index in [1.807, 2.05) is 23.3 Å². The maximum Gasteiger partial charge on any atom is 0.317 e. The highest BCUT2D eigenvalue weighted by atomic mass is 32.1. The van der Waals surface area contributed by atoms with Crippen LogP contribution in [0.5, 0.6) is 0 Å². The number of nitrogens with zero attached hydrogens (tertiary/aromatic N) is 2. The fourth-order valence-electron chi connectivity index (χ4n) is 2.76. The quantitative estimate of drug-likeness (QED) is 0.797. The largest absolute Gasteiger partial charge is 0.383 e. The lowest BCUT2D eigenvalue weighted by atomic mass is 10.1. The molecule has 2 amide bonds. The molecule has 0 aliphatic carbocycles. The minimum absolute atomic E-state index is 0.0474. The molecule has 0 spiro atoms. The summed E-state index contributed by atoms with van der Waals surface area (Å²) in [5.74, 6) is 0.557. The SMILES string of the molecule is CCN(Cc1cccs1)C(=O)NCC1CCN(CCOC)C1. The summed E-state index contributed by atoms with van der Waals surface area (Å²) in [6.07, 6.45) is 1.15. The van der Waals surface area contributed by atoms with Gasteiger partial charge in [-0.2, -0.15) is 0 Å². The summed E-state index contributed by atoms with van der Waals surface area (Å²) in [5.41, 5.74) is 0. The molecule has 0 saturated carbocycles. The number of thiophene rings is 1. The van der Waals surface area contributed by atoms with E-state index in [2.05, 4.69) is 16.3 Å². The topological polar surface area (TPSA) is 44.8 Å². The molecule has 2 rings (SSSR count). The minimum atomic E-state index is 0.0474. The summed E-state index contributed by atoms with van der Waals surface area (Å²) in [5, 5.41) is 5.15. The van der Waals surface area contributed by atoms with Gasteiger partial charge < -0.3 is 19.9 Å². The number of carbonyl (C=O) groups is 1. The smallest absolute Gasteiger partial charge is 0.317 e. The molecule has 5 nitrogen and oxygen atoms in total. The van der Waals surface area contributed by atoms with Crippen molar-refractivity contribution < 1.29 is 9.53 Å². The fraction of sp³-hybridized carbons (Fsp3) is 0.688. The number of likely N-dealkylation sites (tertiary alicyclic amines) is 1. The van der Waals surface area contributed by atoms with Gasteiger partial charge in [0.25, 0.3) is 0 Å². The fourth-order valence-corrected chi connectivity index (χ4v) is 3.48. The van der Waals surface area contributed by atoms with Gasteiger partial charge in [0.05, 0.1) is 13.2 Å². The molecule has 1 aliphatic rings. The van der Waals surface area contributed by atoms with E-state index in [1.54, 1.807) is 18.4 Å². The van der Waals surface area contributed by atoms with Crippen molar-refractivity contribution >= 4 is 17.4 Å². The van der Waals surface area contributed by atoms with E-state index in [4.69, 9.17) is 4.74 Å². The summed E-state index contributed by atoms with van der Waals surface area (Å²) in [4.78, 5) is 17.8. The first kappa shape index (κ1) is 17.2. The number of ether oxygens (including phenoxy) is 1. The van der Waals surface area contributed by atoms with Crippen molar-refractivity contribution in [1.29, 1.82) is 0 Å². The van der Waals surface area contributed by atoms with Crippen molar-refractivity contribution in [3.63, 3.8) is 0 Å². The second-order valence-corrected chi connectivity index (χ2v) is 6.76. The molecular weight excluding hydrogens is 298 g/mol. The van der Waals surface area contributed by atoms with Crippen molar-refractivity contribution in [3.8, 4) is 0 Å². The average Bonchev–Trinajstić information content (AvgIpc) is 3.19. The molecule has 0 radical (unpaired) electrons. The molecule has 124 valence electrons. The molecular formula is C16H27N3O2S. The lowest BCUT2D eigenvalue weighted by Crippen LogP contribution is -2.41. The van der Waals surface area contributed by atoms with Gasteiger partial charge in [-0.3, -0.25) is 0 Å². The van der Waals surface area contributed by atoms with Gasteiger partial charge in [0.1, 0.15) is 0 Å². The van der Waals surface area contributed by atoms with E-state index < -0.39 is 0 Å². The number of urea groups is 1. The van der Waals surface area contributed by atoms with Gasteiger partial charge in [-0.15, -0.1) is 11.3 Å². The molecule has 1 aromatic rings. The predicted octanol–water partition coefficient (Wildman–Crippen LogP) is 2.25. The first-order valence-electron chi connectivity index (χ1n) is 7.99. The maximum atomic E-state index is 12.3. The maximum absolute atomic E-state index is 12.3. The molecule has 1 N–H and O–H groups in total. The lowest BCUT2D eigenvalue weighted by molar-refractivity contribution is 0.158. The summed E-state index contributed by atoms with van der Waals surface area (Å²) < 4.78 is 5.12. The number of hydrogen-bond acceptors (Lipinski definition) is 4. The Hall–Kier alpha value is -1.11. The van der Waals surface area contributed by atoms with E-state index in [1.165, 1.54) is 4.88 Å². The number of rotatable bonds is 8. The average molecular weight is 325 g/mol. The molecule has 6 heteroatoms. The van der Waals surface area contributed by atoms with E-state index in [0.29, 0.717) is 12.5 Å². The predicted molar refractivity (Wildman–Crippen MR) is 90.2 cm³/mol. The molecule has 0 aromatic carbocycles. The van der Waals surface area contributed by atoms with Gasteiger partial charge in [0.2, 0.25) is 0 Å². The Labute approximate surface area is 137 Å². The number of methoxy groups -OCH3 is 1. The van der Waals surface area contributed by atoms with Crippen molar-refractivity contribution in [2.24, 2.45) is 5.92 Å². The Kier molecular flexibility index (Phi) is 7.15. The molecule has 1 aromatic heterocycles. The zero-order valence-electron chi connectivity index (χ0n) is 13.6. The third-order valence-corrected chi connectivity index (χ3v) is 4.98. The van der Waals surface area contributed by atoms with Crippen LogP contribution >= 0.6 is 11.3 Å². The Balaban J connectivity index is 1.70. The standard InChI is InChI=1S/C16H27N3O2S/c1-3-19(13-15-5-4-10-22-15)16(20)17-11-14-6-7-18(12-14)8-9-21-2/h4-5,10,14H,3,6-9,11-13H2,1-2H3,(H,17,20). The monoisotopic (exact) mass is 325 g/mol. The van der Waals surface area contributed by atoms with E-state index in [9.17, 15) is 4.79 Å². The highest BCUT2D eigenvalue weighted by Gasteiger charge is 2.23. The van der Waals surface area contributed by atoms with E-state index in [-0.39, 0.29) is 6.03 Å². The van der Waals surface area contributed by atoms with Gasteiger partial charge in [0, 0.05) is 38.2 Å². The summed E-state index contributed by atoms with van der Waals surface area (Å²) in [6.45, 7) is 8.15. The van der Waals surface area contributed by atoms with E-state index in [0.717, 1.165) is 45.8 Å². The van der Waals surface area contributed by atoms with Crippen LogP contribution in [0.15, 0.2) is 17.5 Å². The molecule has 1 fully saturated rings. The van der Waals surface area contributed by atoms with Crippen LogP contribution < -0.4 is 5.32 Å². The minimum Gasteiger partial charge on any atom is -0.383 e. The third kappa shape index (κ3) is 5.26. The highest BCUT2D eigenvalue weighted by Crippen LogP contribution is 2.15. The van der Waals surface area contributed by atoms with Crippen LogP contribution in [0.3, 0.4) is 0 Å². The zero-order chi connectivity index (χ0) is 15.8. The van der Waals surface area contributed by atoms with Gasteiger partial charge in [-0.25, -0.2) is 4.79 Å². The summed E-state index contributed by atoms with van der Waals surface area (Å²) in [6, 6.07) is 4.15. The van der Waals surface area contributed by atoms with E-state index >= 15 is 0 Å². The van der Waals surface area contributed by atoms with Crippen LogP contribution in [0.25, 0.3) is 0 Å². The van der Waals surface area contributed by atoms with Crippen molar-refractivity contribution in [2.45, 2.75) is 19.9 Å². The van der Waals surface area contributed by atoms with Crippen molar-refractivity contribution in [2.75, 3.05) is 46.4 Å². The summed E-state index contributed by atoms with van der Waals surface area (Å²) in [7, 11) is 1.74. The lowest BCUT2D eigenvalue weighted by Gasteiger charge is -2.22. The number of carbonyl (C=O) groups excluding carboxylic acids is 1. The van der Waals surface area contributed by atoms with Crippen LogP contribution in [0.2, 0.25) is 0 Å². The molecule has 1 atom stereocenters. The normalized spacial score (nSPS) is 18.5. The summed E-state index contributed by atoms with van der Waals surface area (Å²) >= 11 is 1.70. The zero-order valence-corrected chi connectivity index (χ0v) is 14.4. The van der Waals surface area contributed by atoms with Crippen LogP contribution in [-0.2, 0) is 11.3 Å². The van der Waals surface area contributed by atoms with Crippen LogP contribution in [0, 0.1) is 5.92 Å². The second-order valence-electron chi connectivity index (χ2n) is 5.73. The van der Waals surface area contributed by atoms with Crippen molar-refractivity contribution in [3.05, 3.63) is 22.4 Å². The third-order valence-electron chi connectivity index (χ3n) is 4.12. The molecule has 1 saturated heterocycles. The molecule has 1 unspecified atom stereocenters. The second kappa shape index (κ2) is 9.12. The van der Waals surface area contributed by atoms with Gasteiger partial charge in [0.15, 0.2) is 0 Å². The number of nitrogens with one attached hydrogen (secondary N) is 1. The molecule has 0 bridgehead atoms. The van der Waals surface area contributed by atoms with Gasteiger partial charge in [-0.1, -0.05) is 6.07 Å². The Morgan fingerprint density at radius 3 is 3.14 bits per heavy atom. The van der Waals surface area contributed by atoms with Gasteiger partial charge >= 0.3 is 6.03 Å². The van der Waals surface area contributed by atoms with Crippen LogP contribution in [-0.4, -0.2) is 62.3 Å². The first-order chi connectivity index (χ1) is 10.7. The first-order valence-corrected chi connectivity index (χ1v) is 8.87. The van der Waals surface area contributed by atoms with Gasteiger partial charge in [-0.05, 0) is 37.3 Å². The van der Waals surface area contributed by atoms with Crippen LogP contribution in [0.4, 0.5) is 4.79 Å². The molecule has 22 heavy (non-hydrogen) atoms. The number of amides is 2. The number of hydrogen-bond donors (Lipinski definition) is 1.